The third-order valence-corrected chi connectivity index (χ3v) is 3.20. The quantitative estimate of drug-likeness (QED) is 0.747. The Morgan fingerprint density at radius 3 is 1.95 bits per heavy atom. The molecule has 0 heterocycles. The molecule has 4 heteroatoms. The Morgan fingerprint density at radius 2 is 1.38 bits per heavy atom. The predicted molar refractivity (Wildman–Crippen MR) is 75.7 cm³/mol. The Bertz CT molecular complexity index is 562. The van der Waals surface area contributed by atoms with Crippen LogP contribution in [0.25, 0.3) is 0 Å². The number of halogens is 3. The van der Waals surface area contributed by atoms with Gasteiger partial charge in [0.2, 0.25) is 0 Å². The predicted octanol–water partition coefficient (Wildman–Crippen LogP) is 4.74. The van der Waals surface area contributed by atoms with Gasteiger partial charge in [0.05, 0.1) is 13.0 Å². The maximum absolute atomic E-state index is 13.7. The van der Waals surface area contributed by atoms with Crippen molar-refractivity contribution < 1.29 is 17.9 Å². The van der Waals surface area contributed by atoms with Gasteiger partial charge in [-0.1, -0.05) is 43.3 Å². The first-order valence-electron chi connectivity index (χ1n) is 6.82. The van der Waals surface area contributed by atoms with Crippen molar-refractivity contribution in [3.63, 3.8) is 0 Å². The van der Waals surface area contributed by atoms with Gasteiger partial charge in [-0.25, -0.2) is 4.39 Å². The molecule has 112 valence electrons. The van der Waals surface area contributed by atoms with Gasteiger partial charge in [0.1, 0.15) is 5.82 Å². The van der Waals surface area contributed by atoms with E-state index in [0.29, 0.717) is 11.1 Å². The van der Waals surface area contributed by atoms with Crippen molar-refractivity contribution >= 4 is 0 Å². The van der Waals surface area contributed by atoms with Crippen molar-refractivity contribution in [2.75, 3.05) is 0 Å². The lowest BCUT2D eigenvalue weighted by Gasteiger charge is -2.17. The van der Waals surface area contributed by atoms with E-state index in [2.05, 4.69) is 0 Å². The van der Waals surface area contributed by atoms with Crippen LogP contribution in [0, 0.1) is 5.82 Å². The van der Waals surface area contributed by atoms with Crippen molar-refractivity contribution in [1.29, 1.82) is 0 Å². The Kier molecular flexibility index (Phi) is 5.02. The molecular weight excluding hydrogens is 277 g/mol. The summed E-state index contributed by atoms with van der Waals surface area (Å²) in [5, 5.41) is 0. The Labute approximate surface area is 122 Å². The molecule has 1 nitrogen and oxygen atoms in total. The van der Waals surface area contributed by atoms with E-state index in [4.69, 9.17) is 4.74 Å². The van der Waals surface area contributed by atoms with E-state index in [-0.39, 0.29) is 6.61 Å². The fraction of sp³-hybridized carbons (Fsp3) is 0.294. The first-order valence-corrected chi connectivity index (χ1v) is 6.82. The summed E-state index contributed by atoms with van der Waals surface area (Å²) in [6.07, 6.45) is -2.94. The fourth-order valence-corrected chi connectivity index (χ4v) is 1.95. The number of hydrogen-bond donors (Lipinski definition) is 0. The molecule has 0 aliphatic carbocycles. The maximum Gasteiger partial charge on any atom is 0.360 e. The summed E-state index contributed by atoms with van der Waals surface area (Å²) in [5.74, 6) is -0.445. The number of ether oxygens (including phenoxy) is 1. The maximum atomic E-state index is 13.7. The SMILES string of the molecule is CCc1ccc(COC(F)(F)Cc2ccc(F)cc2)cc1. The van der Waals surface area contributed by atoms with Gasteiger partial charge in [-0.2, -0.15) is 8.78 Å². The average Bonchev–Trinajstić information content (AvgIpc) is 2.48. The summed E-state index contributed by atoms with van der Waals surface area (Å²) in [6.45, 7) is 1.88. The summed E-state index contributed by atoms with van der Waals surface area (Å²) in [5.41, 5.74) is 2.19. The fourth-order valence-electron chi connectivity index (χ4n) is 1.95. The third-order valence-electron chi connectivity index (χ3n) is 3.20. The van der Waals surface area contributed by atoms with Crippen LogP contribution in [0.3, 0.4) is 0 Å². The minimum atomic E-state index is -3.28. The van der Waals surface area contributed by atoms with Crippen molar-refractivity contribution in [2.24, 2.45) is 0 Å². The zero-order valence-corrected chi connectivity index (χ0v) is 11.8. The molecule has 0 aromatic heterocycles. The van der Waals surface area contributed by atoms with E-state index in [1.807, 2.05) is 19.1 Å². The van der Waals surface area contributed by atoms with Gasteiger partial charge in [-0.15, -0.1) is 0 Å². The first-order chi connectivity index (χ1) is 9.98. The average molecular weight is 294 g/mol. The van der Waals surface area contributed by atoms with Crippen LogP contribution in [0.1, 0.15) is 23.6 Å². The lowest BCUT2D eigenvalue weighted by molar-refractivity contribution is -0.244. The minimum Gasteiger partial charge on any atom is -0.315 e. The molecule has 0 fully saturated rings. The minimum absolute atomic E-state index is 0.155. The van der Waals surface area contributed by atoms with Crippen LogP contribution in [0.2, 0.25) is 0 Å². The highest BCUT2D eigenvalue weighted by atomic mass is 19.3. The molecule has 0 N–H and O–H groups in total. The third kappa shape index (κ3) is 4.90. The Morgan fingerprint density at radius 1 is 0.857 bits per heavy atom. The molecular formula is C17H17F3O. The topological polar surface area (TPSA) is 9.23 Å². The highest BCUT2D eigenvalue weighted by Gasteiger charge is 2.30. The number of rotatable bonds is 6. The van der Waals surface area contributed by atoms with E-state index in [1.54, 1.807) is 12.1 Å². The molecule has 0 saturated heterocycles. The molecule has 0 unspecified atom stereocenters. The molecule has 0 radical (unpaired) electrons. The van der Waals surface area contributed by atoms with Gasteiger partial charge in [0.25, 0.3) is 0 Å². The van der Waals surface area contributed by atoms with Gasteiger partial charge in [0.15, 0.2) is 0 Å². The molecule has 0 spiro atoms. The number of hydrogen-bond acceptors (Lipinski definition) is 1. The molecule has 0 saturated carbocycles. The van der Waals surface area contributed by atoms with Gasteiger partial charge >= 0.3 is 6.11 Å². The molecule has 0 atom stereocenters. The van der Waals surface area contributed by atoms with Crippen molar-refractivity contribution in [3.8, 4) is 0 Å². The van der Waals surface area contributed by atoms with Crippen LogP contribution in [-0.4, -0.2) is 6.11 Å². The van der Waals surface area contributed by atoms with Crippen LogP contribution in [-0.2, 0) is 24.2 Å². The monoisotopic (exact) mass is 294 g/mol. The van der Waals surface area contributed by atoms with Crippen molar-refractivity contribution in [2.45, 2.75) is 32.5 Å². The summed E-state index contributed by atoms with van der Waals surface area (Å²) in [6, 6.07) is 12.4. The van der Waals surface area contributed by atoms with E-state index >= 15 is 0 Å². The molecule has 2 rings (SSSR count). The van der Waals surface area contributed by atoms with Gasteiger partial charge in [0, 0.05) is 0 Å². The Hall–Kier alpha value is -1.81. The second-order valence-corrected chi connectivity index (χ2v) is 4.90. The second-order valence-electron chi connectivity index (χ2n) is 4.90. The molecule has 0 aliphatic heterocycles. The molecule has 2 aromatic rings. The molecule has 0 bridgehead atoms. The zero-order valence-electron chi connectivity index (χ0n) is 11.8. The summed E-state index contributed by atoms with van der Waals surface area (Å²) < 4.78 is 44.9. The highest BCUT2D eigenvalue weighted by Crippen LogP contribution is 2.23. The largest absolute Gasteiger partial charge is 0.360 e. The van der Waals surface area contributed by atoms with Gasteiger partial charge in [-0.05, 0) is 35.2 Å². The summed E-state index contributed by atoms with van der Waals surface area (Å²) in [7, 11) is 0. The lowest BCUT2D eigenvalue weighted by Crippen LogP contribution is -2.23. The summed E-state index contributed by atoms with van der Waals surface area (Å²) in [4.78, 5) is 0. The van der Waals surface area contributed by atoms with Crippen molar-refractivity contribution in [1.82, 2.24) is 0 Å². The van der Waals surface area contributed by atoms with Gasteiger partial charge in [-0.3, -0.25) is 0 Å². The molecule has 21 heavy (non-hydrogen) atoms. The van der Waals surface area contributed by atoms with Crippen LogP contribution in [0.5, 0.6) is 0 Å². The van der Waals surface area contributed by atoms with E-state index < -0.39 is 18.3 Å². The van der Waals surface area contributed by atoms with E-state index in [0.717, 1.165) is 24.1 Å². The number of alkyl halides is 2. The molecule has 0 amide bonds. The zero-order chi connectivity index (χ0) is 15.3. The number of aryl methyl sites for hydroxylation is 1. The normalized spacial score (nSPS) is 11.6. The highest BCUT2D eigenvalue weighted by molar-refractivity contribution is 5.22. The van der Waals surface area contributed by atoms with Gasteiger partial charge < -0.3 is 4.74 Å². The van der Waals surface area contributed by atoms with Crippen LogP contribution >= 0.6 is 0 Å². The van der Waals surface area contributed by atoms with E-state index in [1.165, 1.54) is 12.1 Å². The smallest absolute Gasteiger partial charge is 0.315 e. The molecule has 2 aromatic carbocycles. The van der Waals surface area contributed by atoms with Crippen LogP contribution < -0.4 is 0 Å². The molecule has 0 aliphatic rings. The van der Waals surface area contributed by atoms with Crippen LogP contribution in [0.4, 0.5) is 13.2 Å². The van der Waals surface area contributed by atoms with Crippen LogP contribution in [0.15, 0.2) is 48.5 Å². The van der Waals surface area contributed by atoms with E-state index in [9.17, 15) is 13.2 Å². The lowest BCUT2D eigenvalue weighted by atomic mass is 10.1. The second kappa shape index (κ2) is 6.76. The van der Waals surface area contributed by atoms with Crippen molar-refractivity contribution in [3.05, 3.63) is 71.0 Å². The first kappa shape index (κ1) is 15.6. The summed E-state index contributed by atoms with van der Waals surface area (Å²) >= 11 is 0. The standard InChI is InChI=1S/C17H17F3O/c1-2-13-3-5-15(6-4-13)12-21-17(19,20)11-14-7-9-16(18)10-8-14/h3-10H,2,11-12H2,1H3. The number of benzene rings is 2. The Balaban J connectivity index is 1.92.